The van der Waals surface area contributed by atoms with Gasteiger partial charge in [0.1, 0.15) is 0 Å². The van der Waals surface area contributed by atoms with E-state index in [2.05, 4.69) is 27.3 Å². The van der Waals surface area contributed by atoms with Gasteiger partial charge in [0.2, 0.25) is 0 Å². The first-order valence-electron chi connectivity index (χ1n) is 6.55. The Kier molecular flexibility index (Phi) is 4.90. The molecule has 0 fully saturated rings. The van der Waals surface area contributed by atoms with E-state index in [4.69, 9.17) is 4.74 Å². The number of phenolic OH excluding ortho intramolecular Hbond substituents is 1. The van der Waals surface area contributed by atoms with Gasteiger partial charge in [0.15, 0.2) is 11.5 Å². The zero-order chi connectivity index (χ0) is 14.5. The van der Waals surface area contributed by atoms with Crippen molar-refractivity contribution in [1.29, 1.82) is 0 Å². The molecule has 0 radical (unpaired) electrons. The third-order valence-electron chi connectivity index (χ3n) is 2.97. The van der Waals surface area contributed by atoms with Crippen molar-refractivity contribution < 1.29 is 9.84 Å². The van der Waals surface area contributed by atoms with E-state index >= 15 is 0 Å². The molecule has 3 nitrogen and oxygen atoms in total. The molecule has 0 aromatic heterocycles. The fourth-order valence-electron chi connectivity index (χ4n) is 1.95. The van der Waals surface area contributed by atoms with E-state index in [-0.39, 0.29) is 5.75 Å². The van der Waals surface area contributed by atoms with Gasteiger partial charge in [-0.3, -0.25) is 0 Å². The molecule has 0 aliphatic carbocycles. The Hall–Kier alpha value is -1.68. The molecule has 0 saturated carbocycles. The summed E-state index contributed by atoms with van der Waals surface area (Å²) in [5, 5.41) is 13.5. The largest absolute Gasteiger partial charge is 0.504 e. The molecule has 106 valence electrons. The molecule has 0 unspecified atom stereocenters. The van der Waals surface area contributed by atoms with Crippen molar-refractivity contribution in [2.45, 2.75) is 20.4 Å². The number of benzene rings is 2. The van der Waals surface area contributed by atoms with Gasteiger partial charge < -0.3 is 15.2 Å². The van der Waals surface area contributed by atoms with Crippen LogP contribution in [0.25, 0.3) is 0 Å². The predicted molar refractivity (Wildman–Crippen MR) is 85.5 cm³/mol. The number of rotatable bonds is 5. The maximum atomic E-state index is 10.1. The second-order valence-electron chi connectivity index (χ2n) is 4.53. The Balaban J connectivity index is 2.14. The molecule has 0 saturated heterocycles. The van der Waals surface area contributed by atoms with Gasteiger partial charge in [-0.25, -0.2) is 0 Å². The summed E-state index contributed by atoms with van der Waals surface area (Å²) in [6, 6.07) is 11.6. The summed E-state index contributed by atoms with van der Waals surface area (Å²) < 4.78 is 6.39. The summed E-state index contributed by atoms with van der Waals surface area (Å²) in [5.74, 6) is 0.723. The van der Waals surface area contributed by atoms with Gasteiger partial charge >= 0.3 is 0 Å². The van der Waals surface area contributed by atoms with Crippen LogP contribution < -0.4 is 10.1 Å². The van der Waals surface area contributed by atoms with Crippen molar-refractivity contribution in [3.05, 3.63) is 52.0 Å². The van der Waals surface area contributed by atoms with Crippen LogP contribution >= 0.6 is 15.9 Å². The predicted octanol–water partition coefficient (Wildman–Crippen LogP) is 4.47. The number of anilines is 1. The normalized spacial score (nSPS) is 10.3. The minimum absolute atomic E-state index is 0.200. The Morgan fingerprint density at radius 2 is 2.05 bits per heavy atom. The molecule has 20 heavy (non-hydrogen) atoms. The van der Waals surface area contributed by atoms with Crippen molar-refractivity contribution >= 4 is 21.6 Å². The fraction of sp³-hybridized carbons (Fsp3) is 0.250. The average molecular weight is 336 g/mol. The number of aryl methyl sites for hydroxylation is 1. The van der Waals surface area contributed by atoms with Crippen LogP contribution in [0.15, 0.2) is 40.9 Å². The van der Waals surface area contributed by atoms with E-state index < -0.39 is 0 Å². The summed E-state index contributed by atoms with van der Waals surface area (Å²) in [4.78, 5) is 0. The Morgan fingerprint density at radius 1 is 1.25 bits per heavy atom. The van der Waals surface area contributed by atoms with E-state index in [9.17, 15) is 5.11 Å². The molecular weight excluding hydrogens is 318 g/mol. The lowest BCUT2D eigenvalue weighted by Gasteiger charge is -2.13. The highest BCUT2D eigenvalue weighted by atomic mass is 79.9. The monoisotopic (exact) mass is 335 g/mol. The highest BCUT2D eigenvalue weighted by Gasteiger charge is 2.08. The SMILES string of the molecule is CCOc1cccc(CNc2cc(C)ccc2Br)c1O. The van der Waals surface area contributed by atoms with Crippen LogP contribution in [-0.4, -0.2) is 11.7 Å². The maximum Gasteiger partial charge on any atom is 0.162 e. The number of aromatic hydroxyl groups is 1. The van der Waals surface area contributed by atoms with Crippen molar-refractivity contribution in [2.75, 3.05) is 11.9 Å². The summed E-state index contributed by atoms with van der Waals surface area (Å²) in [7, 11) is 0. The number of hydrogen-bond acceptors (Lipinski definition) is 3. The first-order valence-corrected chi connectivity index (χ1v) is 7.34. The highest BCUT2D eigenvalue weighted by molar-refractivity contribution is 9.10. The highest BCUT2D eigenvalue weighted by Crippen LogP contribution is 2.31. The quantitative estimate of drug-likeness (QED) is 0.846. The minimum atomic E-state index is 0.200. The molecule has 2 aromatic rings. The molecule has 0 amide bonds. The van der Waals surface area contributed by atoms with Gasteiger partial charge in [-0.1, -0.05) is 18.2 Å². The second kappa shape index (κ2) is 6.66. The van der Waals surface area contributed by atoms with Crippen molar-refractivity contribution in [1.82, 2.24) is 0 Å². The van der Waals surface area contributed by atoms with Crippen molar-refractivity contribution in [3.63, 3.8) is 0 Å². The fourth-order valence-corrected chi connectivity index (χ4v) is 2.33. The van der Waals surface area contributed by atoms with E-state index in [1.807, 2.05) is 38.1 Å². The smallest absolute Gasteiger partial charge is 0.162 e. The van der Waals surface area contributed by atoms with Crippen LogP contribution in [0.4, 0.5) is 5.69 Å². The third-order valence-corrected chi connectivity index (χ3v) is 3.67. The van der Waals surface area contributed by atoms with Crippen molar-refractivity contribution in [3.8, 4) is 11.5 Å². The van der Waals surface area contributed by atoms with Crippen LogP contribution in [0.3, 0.4) is 0 Å². The van der Waals surface area contributed by atoms with Gasteiger partial charge in [0.05, 0.1) is 6.61 Å². The van der Waals surface area contributed by atoms with E-state index in [1.165, 1.54) is 5.56 Å². The number of para-hydroxylation sites is 1. The number of hydrogen-bond donors (Lipinski definition) is 2. The van der Waals surface area contributed by atoms with Crippen LogP contribution in [0.1, 0.15) is 18.1 Å². The molecule has 2 aromatic carbocycles. The number of halogens is 1. The van der Waals surface area contributed by atoms with E-state index in [0.717, 1.165) is 15.7 Å². The Labute approximate surface area is 127 Å². The molecule has 0 aliphatic rings. The molecule has 0 heterocycles. The van der Waals surface area contributed by atoms with Gasteiger partial charge in [-0.2, -0.15) is 0 Å². The molecule has 0 spiro atoms. The lowest BCUT2D eigenvalue weighted by molar-refractivity contribution is 0.317. The first kappa shape index (κ1) is 14.7. The summed E-state index contributed by atoms with van der Waals surface area (Å²) >= 11 is 3.51. The maximum absolute atomic E-state index is 10.1. The molecule has 0 aliphatic heterocycles. The topological polar surface area (TPSA) is 41.5 Å². The van der Waals surface area contributed by atoms with Gasteiger partial charge in [0.25, 0.3) is 0 Å². The van der Waals surface area contributed by atoms with Gasteiger partial charge in [0, 0.05) is 22.3 Å². The van der Waals surface area contributed by atoms with Crippen LogP contribution in [0.5, 0.6) is 11.5 Å². The summed E-state index contributed by atoms with van der Waals surface area (Å²) in [6.45, 7) is 5.02. The lowest BCUT2D eigenvalue weighted by Crippen LogP contribution is -2.02. The number of ether oxygens (including phenoxy) is 1. The molecule has 0 bridgehead atoms. The molecule has 0 atom stereocenters. The van der Waals surface area contributed by atoms with E-state index in [1.54, 1.807) is 6.07 Å². The summed E-state index contributed by atoms with van der Waals surface area (Å²) in [5.41, 5.74) is 3.00. The number of nitrogens with one attached hydrogen (secondary N) is 1. The molecule has 4 heteroatoms. The van der Waals surface area contributed by atoms with Crippen LogP contribution in [-0.2, 0) is 6.54 Å². The Morgan fingerprint density at radius 3 is 2.80 bits per heavy atom. The first-order chi connectivity index (χ1) is 9.61. The van der Waals surface area contributed by atoms with Crippen molar-refractivity contribution in [2.24, 2.45) is 0 Å². The molecular formula is C16H18BrNO2. The zero-order valence-electron chi connectivity index (χ0n) is 11.6. The zero-order valence-corrected chi connectivity index (χ0v) is 13.2. The third kappa shape index (κ3) is 3.45. The minimum Gasteiger partial charge on any atom is -0.504 e. The molecule has 2 N–H and O–H groups in total. The van der Waals surface area contributed by atoms with Crippen LogP contribution in [0.2, 0.25) is 0 Å². The second-order valence-corrected chi connectivity index (χ2v) is 5.39. The standard InChI is InChI=1S/C16H18BrNO2/c1-3-20-15-6-4-5-12(16(15)19)10-18-14-9-11(2)7-8-13(14)17/h4-9,18-19H,3,10H2,1-2H3. The number of phenols is 1. The lowest BCUT2D eigenvalue weighted by atomic mass is 10.1. The average Bonchev–Trinajstić information content (AvgIpc) is 2.43. The Bertz CT molecular complexity index is 599. The van der Waals surface area contributed by atoms with E-state index in [0.29, 0.717) is 18.9 Å². The van der Waals surface area contributed by atoms with Crippen LogP contribution in [0, 0.1) is 6.92 Å². The van der Waals surface area contributed by atoms with Gasteiger partial charge in [-0.15, -0.1) is 0 Å². The van der Waals surface area contributed by atoms with Gasteiger partial charge in [-0.05, 0) is 53.5 Å². The summed E-state index contributed by atoms with van der Waals surface area (Å²) in [6.07, 6.45) is 0. The molecule has 2 rings (SSSR count).